The van der Waals surface area contributed by atoms with Crippen LogP contribution in [0.25, 0.3) is 0 Å². The van der Waals surface area contributed by atoms with Crippen molar-refractivity contribution in [2.45, 2.75) is 91.4 Å². The van der Waals surface area contributed by atoms with E-state index in [1.165, 1.54) is 70.6 Å². The molecular formula is C19H36. The number of hydrogen-bond donors (Lipinski definition) is 0. The molecule has 0 aromatic carbocycles. The van der Waals surface area contributed by atoms with Crippen molar-refractivity contribution in [3.05, 3.63) is 0 Å². The van der Waals surface area contributed by atoms with Gasteiger partial charge in [0.15, 0.2) is 0 Å². The summed E-state index contributed by atoms with van der Waals surface area (Å²) in [5.41, 5.74) is 0. The molecule has 0 spiro atoms. The zero-order valence-corrected chi connectivity index (χ0v) is 13.7. The van der Waals surface area contributed by atoms with Crippen LogP contribution in [0.15, 0.2) is 0 Å². The number of unbranched alkanes of at least 4 members (excludes halogenated alkanes) is 3. The van der Waals surface area contributed by atoms with Gasteiger partial charge >= 0.3 is 0 Å². The highest BCUT2D eigenvalue weighted by Crippen LogP contribution is 2.56. The lowest BCUT2D eigenvalue weighted by atomic mass is 9.80. The Kier molecular flexibility index (Phi) is 6.23. The van der Waals surface area contributed by atoms with E-state index < -0.39 is 0 Å². The van der Waals surface area contributed by atoms with E-state index in [1.807, 2.05) is 0 Å². The molecule has 2 rings (SSSR count). The molecule has 0 aliphatic heterocycles. The van der Waals surface area contributed by atoms with E-state index in [1.54, 1.807) is 0 Å². The lowest BCUT2D eigenvalue weighted by Gasteiger charge is -2.26. The predicted molar refractivity (Wildman–Crippen MR) is 85.3 cm³/mol. The standard InChI is InChI=1S/C19H36/c1-4-6-7-8-12-18-17(5-2)19(18)15(3)13-14-16-10-9-11-16/h15-19H,4-14H2,1-3H3. The van der Waals surface area contributed by atoms with E-state index in [0.717, 1.165) is 29.6 Å². The first-order valence-corrected chi connectivity index (χ1v) is 9.27. The molecule has 2 fully saturated rings. The zero-order valence-electron chi connectivity index (χ0n) is 13.7. The van der Waals surface area contributed by atoms with Gasteiger partial charge in [-0.25, -0.2) is 0 Å². The molecule has 2 aliphatic rings. The molecule has 0 radical (unpaired) electrons. The summed E-state index contributed by atoms with van der Waals surface area (Å²) in [5.74, 6) is 5.44. The average Bonchev–Trinajstić information content (AvgIpc) is 3.06. The second kappa shape index (κ2) is 7.70. The van der Waals surface area contributed by atoms with Crippen molar-refractivity contribution in [3.8, 4) is 0 Å². The third kappa shape index (κ3) is 4.23. The summed E-state index contributed by atoms with van der Waals surface area (Å²) in [4.78, 5) is 0. The van der Waals surface area contributed by atoms with Crippen LogP contribution in [0.3, 0.4) is 0 Å². The van der Waals surface area contributed by atoms with Crippen LogP contribution in [0.5, 0.6) is 0 Å². The van der Waals surface area contributed by atoms with Crippen LogP contribution in [0.2, 0.25) is 0 Å². The average molecular weight is 264 g/mol. The fourth-order valence-electron chi connectivity index (χ4n) is 4.58. The van der Waals surface area contributed by atoms with Crippen LogP contribution in [0.1, 0.15) is 91.4 Å². The van der Waals surface area contributed by atoms with E-state index in [4.69, 9.17) is 0 Å². The fourth-order valence-corrected chi connectivity index (χ4v) is 4.58. The maximum atomic E-state index is 2.55. The molecule has 19 heavy (non-hydrogen) atoms. The van der Waals surface area contributed by atoms with Crippen molar-refractivity contribution in [1.29, 1.82) is 0 Å². The summed E-state index contributed by atoms with van der Waals surface area (Å²) < 4.78 is 0. The minimum absolute atomic E-state index is 1.02. The SMILES string of the molecule is CCCCCCC1C(CC)C1C(C)CCC1CCC1. The largest absolute Gasteiger partial charge is 0.0654 e. The summed E-state index contributed by atoms with van der Waals surface area (Å²) in [6.45, 7) is 7.29. The van der Waals surface area contributed by atoms with Crippen LogP contribution in [-0.4, -0.2) is 0 Å². The topological polar surface area (TPSA) is 0 Å². The fraction of sp³-hybridized carbons (Fsp3) is 1.00. The van der Waals surface area contributed by atoms with Gasteiger partial charge in [0.05, 0.1) is 0 Å². The van der Waals surface area contributed by atoms with Crippen molar-refractivity contribution in [3.63, 3.8) is 0 Å². The first-order chi connectivity index (χ1) is 9.27. The van der Waals surface area contributed by atoms with Gasteiger partial charge in [-0.05, 0) is 36.0 Å². The monoisotopic (exact) mass is 264 g/mol. The Morgan fingerprint density at radius 3 is 2.32 bits per heavy atom. The van der Waals surface area contributed by atoms with Gasteiger partial charge in [-0.15, -0.1) is 0 Å². The lowest BCUT2D eigenvalue weighted by Crippen LogP contribution is -2.13. The third-order valence-corrected chi connectivity index (χ3v) is 6.17. The summed E-state index contributed by atoms with van der Waals surface area (Å²) in [6, 6.07) is 0. The van der Waals surface area contributed by atoms with Crippen LogP contribution < -0.4 is 0 Å². The lowest BCUT2D eigenvalue weighted by molar-refractivity contribution is 0.262. The van der Waals surface area contributed by atoms with E-state index >= 15 is 0 Å². The number of rotatable bonds is 10. The molecule has 112 valence electrons. The Labute approximate surface area is 121 Å². The van der Waals surface area contributed by atoms with Crippen LogP contribution in [-0.2, 0) is 0 Å². The molecule has 0 saturated heterocycles. The Morgan fingerprint density at radius 1 is 0.947 bits per heavy atom. The van der Waals surface area contributed by atoms with Crippen LogP contribution in [0.4, 0.5) is 0 Å². The summed E-state index contributed by atoms with van der Waals surface area (Å²) in [5, 5.41) is 0. The van der Waals surface area contributed by atoms with E-state index in [0.29, 0.717) is 0 Å². The van der Waals surface area contributed by atoms with E-state index in [9.17, 15) is 0 Å². The Hall–Kier alpha value is 0. The van der Waals surface area contributed by atoms with E-state index in [2.05, 4.69) is 20.8 Å². The van der Waals surface area contributed by atoms with Crippen molar-refractivity contribution >= 4 is 0 Å². The highest BCUT2D eigenvalue weighted by molar-refractivity contribution is 4.98. The molecule has 0 aromatic rings. The molecule has 0 aromatic heterocycles. The van der Waals surface area contributed by atoms with Crippen LogP contribution >= 0.6 is 0 Å². The smallest absolute Gasteiger partial charge is 0.0326 e. The molecule has 2 saturated carbocycles. The second-order valence-corrected chi connectivity index (χ2v) is 7.51. The maximum Gasteiger partial charge on any atom is -0.0326 e. The highest BCUT2D eigenvalue weighted by Gasteiger charge is 2.49. The van der Waals surface area contributed by atoms with Gasteiger partial charge in [-0.2, -0.15) is 0 Å². The van der Waals surface area contributed by atoms with Gasteiger partial charge in [0, 0.05) is 0 Å². The van der Waals surface area contributed by atoms with Gasteiger partial charge in [-0.3, -0.25) is 0 Å². The third-order valence-electron chi connectivity index (χ3n) is 6.17. The van der Waals surface area contributed by atoms with Gasteiger partial charge in [-0.1, -0.05) is 85.0 Å². The molecule has 2 aliphatic carbocycles. The molecule has 0 amide bonds. The summed E-state index contributed by atoms with van der Waals surface area (Å²) in [6.07, 6.45) is 16.4. The van der Waals surface area contributed by atoms with Gasteiger partial charge in [0.25, 0.3) is 0 Å². The van der Waals surface area contributed by atoms with Crippen molar-refractivity contribution in [1.82, 2.24) is 0 Å². The normalized spacial score (nSPS) is 32.1. The first-order valence-electron chi connectivity index (χ1n) is 9.27. The molecule has 0 heterocycles. The Balaban J connectivity index is 1.63. The Morgan fingerprint density at radius 2 is 1.74 bits per heavy atom. The second-order valence-electron chi connectivity index (χ2n) is 7.51. The molecule has 0 bridgehead atoms. The van der Waals surface area contributed by atoms with Crippen molar-refractivity contribution < 1.29 is 0 Å². The highest BCUT2D eigenvalue weighted by atomic mass is 14.5. The van der Waals surface area contributed by atoms with E-state index in [-0.39, 0.29) is 0 Å². The molecular weight excluding hydrogens is 228 g/mol. The van der Waals surface area contributed by atoms with Gasteiger partial charge < -0.3 is 0 Å². The van der Waals surface area contributed by atoms with Gasteiger partial charge in [0.2, 0.25) is 0 Å². The summed E-state index contributed by atoms with van der Waals surface area (Å²) in [7, 11) is 0. The Bertz CT molecular complexity index is 240. The van der Waals surface area contributed by atoms with Gasteiger partial charge in [0.1, 0.15) is 0 Å². The number of hydrogen-bond acceptors (Lipinski definition) is 0. The van der Waals surface area contributed by atoms with Crippen molar-refractivity contribution in [2.24, 2.45) is 29.6 Å². The van der Waals surface area contributed by atoms with Crippen molar-refractivity contribution in [2.75, 3.05) is 0 Å². The first kappa shape index (κ1) is 15.4. The minimum Gasteiger partial charge on any atom is -0.0654 e. The minimum atomic E-state index is 1.02. The quantitative estimate of drug-likeness (QED) is 0.398. The predicted octanol–water partition coefficient (Wildman–Crippen LogP) is 6.45. The van der Waals surface area contributed by atoms with Crippen LogP contribution in [0, 0.1) is 29.6 Å². The summed E-state index contributed by atoms with van der Waals surface area (Å²) >= 11 is 0. The molecule has 0 heteroatoms. The molecule has 0 nitrogen and oxygen atoms in total. The molecule has 0 N–H and O–H groups in total. The maximum absolute atomic E-state index is 2.55. The zero-order chi connectivity index (χ0) is 13.7. The molecule has 4 unspecified atom stereocenters. The molecule has 4 atom stereocenters.